The lowest BCUT2D eigenvalue weighted by Gasteiger charge is -2.37. The van der Waals surface area contributed by atoms with E-state index < -0.39 is 5.54 Å². The molecule has 2 aliphatic rings. The highest BCUT2D eigenvalue weighted by Gasteiger charge is 2.53. The molecule has 1 N–H and O–H groups in total. The van der Waals surface area contributed by atoms with E-state index in [-0.39, 0.29) is 5.97 Å². The van der Waals surface area contributed by atoms with Gasteiger partial charge in [0.2, 0.25) is 0 Å². The highest BCUT2D eigenvalue weighted by Crippen LogP contribution is 2.42. The van der Waals surface area contributed by atoms with Crippen molar-refractivity contribution in [1.29, 1.82) is 0 Å². The van der Waals surface area contributed by atoms with Gasteiger partial charge in [0, 0.05) is 19.1 Å². The van der Waals surface area contributed by atoms with Gasteiger partial charge in [0.05, 0.1) is 6.61 Å². The second kappa shape index (κ2) is 6.44. The number of nitrogens with zero attached hydrogens (tertiary/aromatic N) is 1. The summed E-state index contributed by atoms with van der Waals surface area (Å²) in [5.74, 6) is 1.14. The molecule has 0 amide bonds. The Kier molecular flexibility index (Phi) is 5.08. The van der Waals surface area contributed by atoms with Crippen molar-refractivity contribution in [3.63, 3.8) is 0 Å². The Morgan fingerprint density at radius 1 is 1.40 bits per heavy atom. The van der Waals surface area contributed by atoms with Crippen molar-refractivity contribution in [2.24, 2.45) is 11.8 Å². The third-order valence-electron chi connectivity index (χ3n) is 4.44. The molecule has 0 aromatic carbocycles. The van der Waals surface area contributed by atoms with Crippen LogP contribution in [0.4, 0.5) is 0 Å². The molecule has 1 heterocycles. The number of hydrogen-bond donors (Lipinski definition) is 1. The number of esters is 1. The molecule has 2 fully saturated rings. The van der Waals surface area contributed by atoms with Crippen LogP contribution in [0.2, 0.25) is 0 Å². The molecule has 1 saturated carbocycles. The predicted molar refractivity (Wildman–Crippen MR) is 80.6 cm³/mol. The molecule has 2 unspecified atom stereocenters. The molecule has 2 atom stereocenters. The van der Waals surface area contributed by atoms with Crippen LogP contribution < -0.4 is 5.32 Å². The topological polar surface area (TPSA) is 41.6 Å². The standard InChI is InChI=1S/C16H30N2O2/c1-5-20-15(19)16(14-6-7-14,17-12(2)3)11-18-9-8-13(4)10-18/h12-14,17H,5-11H2,1-4H3. The van der Waals surface area contributed by atoms with Gasteiger partial charge in [-0.3, -0.25) is 5.32 Å². The molecule has 0 bridgehead atoms. The van der Waals surface area contributed by atoms with Gasteiger partial charge >= 0.3 is 5.97 Å². The molecule has 0 spiro atoms. The maximum atomic E-state index is 12.6. The van der Waals surface area contributed by atoms with Gasteiger partial charge in [-0.2, -0.15) is 0 Å². The quantitative estimate of drug-likeness (QED) is 0.726. The minimum Gasteiger partial charge on any atom is -0.465 e. The molecule has 1 aliphatic carbocycles. The van der Waals surface area contributed by atoms with Gasteiger partial charge in [-0.1, -0.05) is 6.92 Å². The van der Waals surface area contributed by atoms with Crippen molar-refractivity contribution in [2.45, 2.75) is 58.5 Å². The van der Waals surface area contributed by atoms with Crippen LogP contribution in [0.3, 0.4) is 0 Å². The van der Waals surface area contributed by atoms with Crippen molar-refractivity contribution >= 4 is 5.97 Å². The van der Waals surface area contributed by atoms with Gasteiger partial charge in [-0.25, -0.2) is 4.79 Å². The summed E-state index contributed by atoms with van der Waals surface area (Å²) in [6.45, 7) is 11.9. The van der Waals surface area contributed by atoms with Crippen molar-refractivity contribution in [3.8, 4) is 0 Å². The average molecular weight is 282 g/mol. The van der Waals surface area contributed by atoms with Crippen LogP contribution >= 0.6 is 0 Å². The SMILES string of the molecule is CCOC(=O)C(CN1CCC(C)C1)(NC(C)C)C1CC1. The summed E-state index contributed by atoms with van der Waals surface area (Å²) in [6, 6.07) is 0.292. The molecular weight excluding hydrogens is 252 g/mol. The van der Waals surface area contributed by atoms with E-state index >= 15 is 0 Å². The molecule has 0 aromatic rings. The first-order chi connectivity index (χ1) is 9.48. The zero-order chi connectivity index (χ0) is 14.8. The lowest BCUT2D eigenvalue weighted by molar-refractivity contribution is -0.153. The van der Waals surface area contributed by atoms with Crippen LogP contribution in [-0.2, 0) is 9.53 Å². The molecule has 0 aromatic heterocycles. The molecular formula is C16H30N2O2. The number of likely N-dealkylation sites (tertiary alicyclic amines) is 1. The molecule has 116 valence electrons. The van der Waals surface area contributed by atoms with E-state index in [4.69, 9.17) is 4.74 Å². The van der Waals surface area contributed by atoms with Crippen LogP contribution in [0.1, 0.15) is 47.0 Å². The number of nitrogens with one attached hydrogen (secondary N) is 1. The van der Waals surface area contributed by atoms with E-state index in [9.17, 15) is 4.79 Å². The molecule has 2 rings (SSSR count). The molecule has 4 nitrogen and oxygen atoms in total. The highest BCUT2D eigenvalue weighted by molar-refractivity contribution is 5.82. The molecule has 1 aliphatic heterocycles. The van der Waals surface area contributed by atoms with Crippen LogP contribution in [0.25, 0.3) is 0 Å². The van der Waals surface area contributed by atoms with Gasteiger partial charge < -0.3 is 9.64 Å². The summed E-state index contributed by atoms with van der Waals surface area (Å²) < 4.78 is 5.42. The Labute approximate surface area is 123 Å². The van der Waals surface area contributed by atoms with Crippen LogP contribution in [0, 0.1) is 11.8 Å². The molecule has 20 heavy (non-hydrogen) atoms. The maximum Gasteiger partial charge on any atom is 0.327 e. The summed E-state index contributed by atoms with van der Waals surface area (Å²) in [5.41, 5.74) is -0.492. The van der Waals surface area contributed by atoms with Crippen molar-refractivity contribution in [3.05, 3.63) is 0 Å². The normalized spacial score (nSPS) is 26.8. The van der Waals surface area contributed by atoms with Gasteiger partial charge in [0.1, 0.15) is 5.54 Å². The Balaban J connectivity index is 2.14. The second-order valence-electron chi connectivity index (χ2n) is 6.89. The summed E-state index contributed by atoms with van der Waals surface area (Å²) in [5, 5.41) is 3.57. The van der Waals surface area contributed by atoms with E-state index in [1.54, 1.807) is 0 Å². The van der Waals surface area contributed by atoms with Crippen LogP contribution in [0.15, 0.2) is 0 Å². The van der Waals surface area contributed by atoms with Crippen molar-refractivity contribution < 1.29 is 9.53 Å². The van der Waals surface area contributed by atoms with Crippen LogP contribution in [0.5, 0.6) is 0 Å². The first-order valence-electron chi connectivity index (χ1n) is 8.15. The number of rotatable bonds is 7. The Morgan fingerprint density at radius 2 is 2.10 bits per heavy atom. The zero-order valence-corrected chi connectivity index (χ0v) is 13.4. The average Bonchev–Trinajstić information content (AvgIpc) is 3.13. The van der Waals surface area contributed by atoms with E-state index in [0.717, 1.165) is 38.4 Å². The number of carbonyl (C=O) groups is 1. The summed E-state index contributed by atoms with van der Waals surface area (Å²) in [7, 11) is 0. The van der Waals surface area contributed by atoms with Gasteiger partial charge in [0.25, 0.3) is 0 Å². The minimum absolute atomic E-state index is 0.0456. The Morgan fingerprint density at radius 3 is 2.55 bits per heavy atom. The first kappa shape index (κ1) is 15.8. The number of carbonyl (C=O) groups excluding carboxylic acids is 1. The maximum absolute atomic E-state index is 12.6. The molecule has 1 saturated heterocycles. The van der Waals surface area contributed by atoms with E-state index in [1.165, 1.54) is 6.42 Å². The minimum atomic E-state index is -0.492. The predicted octanol–water partition coefficient (Wildman–Crippen LogP) is 2.04. The summed E-state index contributed by atoms with van der Waals surface area (Å²) in [6.07, 6.45) is 3.52. The van der Waals surface area contributed by atoms with Gasteiger partial charge in [-0.05, 0) is 58.4 Å². The lowest BCUT2D eigenvalue weighted by Crippen LogP contribution is -2.63. The van der Waals surface area contributed by atoms with Crippen molar-refractivity contribution in [2.75, 3.05) is 26.2 Å². The van der Waals surface area contributed by atoms with E-state index in [2.05, 4.69) is 31.0 Å². The number of hydrogen-bond acceptors (Lipinski definition) is 4. The van der Waals surface area contributed by atoms with E-state index in [1.807, 2.05) is 6.92 Å². The molecule has 0 radical (unpaired) electrons. The van der Waals surface area contributed by atoms with Crippen molar-refractivity contribution in [1.82, 2.24) is 10.2 Å². The lowest BCUT2D eigenvalue weighted by atomic mass is 9.91. The highest BCUT2D eigenvalue weighted by atomic mass is 16.5. The first-order valence-corrected chi connectivity index (χ1v) is 8.15. The Bertz CT molecular complexity index is 341. The Hall–Kier alpha value is -0.610. The number of ether oxygens (including phenoxy) is 1. The summed E-state index contributed by atoms with van der Waals surface area (Å²) >= 11 is 0. The zero-order valence-electron chi connectivity index (χ0n) is 13.4. The third kappa shape index (κ3) is 3.53. The van der Waals surface area contributed by atoms with Crippen LogP contribution in [-0.4, -0.2) is 48.7 Å². The third-order valence-corrected chi connectivity index (χ3v) is 4.44. The van der Waals surface area contributed by atoms with E-state index in [0.29, 0.717) is 18.6 Å². The monoisotopic (exact) mass is 282 g/mol. The van der Waals surface area contributed by atoms with Gasteiger partial charge in [0.15, 0.2) is 0 Å². The second-order valence-corrected chi connectivity index (χ2v) is 6.89. The fourth-order valence-corrected chi connectivity index (χ4v) is 3.46. The summed E-state index contributed by atoms with van der Waals surface area (Å²) in [4.78, 5) is 15.1. The fraction of sp³-hybridized carbons (Fsp3) is 0.938. The smallest absolute Gasteiger partial charge is 0.327 e. The largest absolute Gasteiger partial charge is 0.465 e. The fourth-order valence-electron chi connectivity index (χ4n) is 3.46. The molecule has 4 heteroatoms. The van der Waals surface area contributed by atoms with Gasteiger partial charge in [-0.15, -0.1) is 0 Å².